The lowest BCUT2D eigenvalue weighted by Crippen LogP contribution is -2.48. The Morgan fingerprint density at radius 1 is 0.791 bits per heavy atom. The highest BCUT2D eigenvalue weighted by atomic mass is 35.5. The van der Waals surface area contributed by atoms with Crippen LogP contribution in [-0.4, -0.2) is 53.6 Å². The molecule has 0 radical (unpaired) electrons. The quantitative estimate of drug-likeness (QED) is 0.171. The summed E-state index contributed by atoms with van der Waals surface area (Å²) in [5.41, 5.74) is 0.953. The summed E-state index contributed by atoms with van der Waals surface area (Å²) in [6.07, 6.45) is 0. The number of aromatic nitrogens is 2. The minimum absolute atomic E-state index is 0.00434. The van der Waals surface area contributed by atoms with Gasteiger partial charge >= 0.3 is 0 Å². The lowest BCUT2D eigenvalue weighted by Gasteiger charge is -2.35. The summed E-state index contributed by atoms with van der Waals surface area (Å²) in [5.74, 6) is 0. The van der Waals surface area contributed by atoms with Crippen molar-refractivity contribution in [3.63, 3.8) is 0 Å². The standard InChI is InChI=1S/C30H23Cl2N5O5S/c31-21-7-5-20(6-8-21)29-25-3-1-2-4-26(25)30(38)36(33-29)28-19-23(11-14-27(28)37(39)40)34-15-17-35(18-16-34)43(41,42)24-12-9-22(32)10-13-24/h1-14,19H,15-18H2. The minimum Gasteiger partial charge on any atom is -0.369 e. The second-order valence-electron chi connectivity index (χ2n) is 9.89. The van der Waals surface area contributed by atoms with Gasteiger partial charge in [-0.05, 0) is 54.6 Å². The molecule has 1 fully saturated rings. The fourth-order valence-electron chi connectivity index (χ4n) is 5.15. The highest BCUT2D eigenvalue weighted by molar-refractivity contribution is 7.89. The number of rotatable bonds is 6. The van der Waals surface area contributed by atoms with Gasteiger partial charge in [0.15, 0.2) is 0 Å². The van der Waals surface area contributed by atoms with Crippen molar-refractivity contribution < 1.29 is 13.3 Å². The summed E-state index contributed by atoms with van der Waals surface area (Å²) in [6, 6.07) is 24.4. The summed E-state index contributed by atoms with van der Waals surface area (Å²) >= 11 is 12.0. The first-order chi connectivity index (χ1) is 20.6. The molecular formula is C30H23Cl2N5O5S. The molecule has 5 aromatic rings. The Bertz CT molecular complexity index is 2030. The monoisotopic (exact) mass is 635 g/mol. The van der Waals surface area contributed by atoms with Gasteiger partial charge in [0.2, 0.25) is 10.0 Å². The summed E-state index contributed by atoms with van der Waals surface area (Å²) in [4.78, 5) is 27.3. The molecule has 0 bridgehead atoms. The zero-order valence-electron chi connectivity index (χ0n) is 22.4. The van der Waals surface area contributed by atoms with Crippen LogP contribution in [0.25, 0.3) is 27.7 Å². The zero-order valence-corrected chi connectivity index (χ0v) is 24.8. The van der Waals surface area contributed by atoms with Crippen molar-refractivity contribution in [2.75, 3.05) is 31.1 Å². The molecule has 0 aliphatic carbocycles. The number of fused-ring (bicyclic) bond motifs is 1. The highest BCUT2D eigenvalue weighted by Crippen LogP contribution is 2.31. The molecule has 6 rings (SSSR count). The van der Waals surface area contributed by atoms with Gasteiger partial charge in [-0.25, -0.2) is 8.42 Å². The number of nitrogens with zero attached hydrogens (tertiary/aromatic N) is 5. The first-order valence-electron chi connectivity index (χ1n) is 13.2. The summed E-state index contributed by atoms with van der Waals surface area (Å²) in [7, 11) is -3.72. The molecule has 0 saturated carbocycles. The molecule has 1 aromatic heterocycles. The van der Waals surface area contributed by atoms with Crippen molar-refractivity contribution in [2.24, 2.45) is 0 Å². The smallest absolute Gasteiger partial charge is 0.295 e. The number of sulfonamides is 1. The van der Waals surface area contributed by atoms with Crippen molar-refractivity contribution >= 4 is 55.4 Å². The third-order valence-corrected chi connectivity index (χ3v) is 9.78. The number of anilines is 1. The van der Waals surface area contributed by atoms with Crippen LogP contribution in [0.5, 0.6) is 0 Å². The fourth-order valence-corrected chi connectivity index (χ4v) is 6.82. The Morgan fingerprint density at radius 3 is 2.02 bits per heavy atom. The van der Waals surface area contributed by atoms with E-state index in [1.54, 1.807) is 60.7 Å². The van der Waals surface area contributed by atoms with Gasteiger partial charge in [0.05, 0.1) is 20.9 Å². The van der Waals surface area contributed by atoms with Crippen LogP contribution in [0, 0.1) is 10.1 Å². The van der Waals surface area contributed by atoms with Crippen LogP contribution in [-0.2, 0) is 10.0 Å². The van der Waals surface area contributed by atoms with Gasteiger partial charge in [0.25, 0.3) is 11.2 Å². The average Bonchev–Trinajstić information content (AvgIpc) is 3.02. The zero-order chi connectivity index (χ0) is 30.3. The van der Waals surface area contributed by atoms with Crippen LogP contribution in [0.4, 0.5) is 11.4 Å². The van der Waals surface area contributed by atoms with E-state index in [-0.39, 0.29) is 29.4 Å². The molecule has 0 amide bonds. The lowest BCUT2D eigenvalue weighted by molar-refractivity contribution is -0.384. The largest absolute Gasteiger partial charge is 0.369 e. The van der Waals surface area contributed by atoms with Gasteiger partial charge in [-0.15, -0.1) is 0 Å². The van der Waals surface area contributed by atoms with E-state index in [1.807, 2.05) is 4.90 Å². The number of benzene rings is 4. The normalized spacial score (nSPS) is 14.2. The van der Waals surface area contributed by atoms with Crippen LogP contribution in [0.3, 0.4) is 0 Å². The molecule has 10 nitrogen and oxygen atoms in total. The molecule has 4 aromatic carbocycles. The fraction of sp³-hybridized carbons (Fsp3) is 0.133. The molecule has 218 valence electrons. The summed E-state index contributed by atoms with van der Waals surface area (Å²) in [5, 5.41) is 18.7. The maximum absolute atomic E-state index is 13.7. The molecule has 1 aliphatic rings. The van der Waals surface area contributed by atoms with E-state index >= 15 is 0 Å². The Hall–Kier alpha value is -4.29. The molecule has 0 spiro atoms. The molecule has 13 heteroatoms. The first kappa shape index (κ1) is 28.8. The van der Waals surface area contributed by atoms with Crippen LogP contribution >= 0.6 is 23.2 Å². The lowest BCUT2D eigenvalue weighted by atomic mass is 10.0. The highest BCUT2D eigenvalue weighted by Gasteiger charge is 2.30. The molecule has 1 aliphatic heterocycles. The topological polar surface area (TPSA) is 119 Å². The third-order valence-electron chi connectivity index (χ3n) is 7.36. The van der Waals surface area contributed by atoms with E-state index in [4.69, 9.17) is 23.2 Å². The molecule has 0 N–H and O–H groups in total. The first-order valence-corrected chi connectivity index (χ1v) is 15.4. The summed E-state index contributed by atoms with van der Waals surface area (Å²) in [6.45, 7) is 1.07. The van der Waals surface area contributed by atoms with Gasteiger partial charge < -0.3 is 4.90 Å². The third kappa shape index (κ3) is 5.48. The Morgan fingerprint density at radius 2 is 1.40 bits per heavy atom. The van der Waals surface area contributed by atoms with Crippen LogP contribution in [0.1, 0.15) is 0 Å². The Labute approximate surface area is 256 Å². The molecule has 1 saturated heterocycles. The molecule has 0 atom stereocenters. The maximum Gasteiger partial charge on any atom is 0.295 e. The second kappa shape index (κ2) is 11.4. The number of nitro benzene ring substituents is 1. The molecule has 2 heterocycles. The predicted octanol–water partition coefficient (Wildman–Crippen LogP) is 5.78. The van der Waals surface area contributed by atoms with Gasteiger partial charge in [0, 0.05) is 58.9 Å². The molecule has 43 heavy (non-hydrogen) atoms. The number of halogens is 2. The molecular weight excluding hydrogens is 613 g/mol. The minimum atomic E-state index is -3.72. The van der Waals surface area contributed by atoms with Crippen LogP contribution in [0.2, 0.25) is 10.0 Å². The molecule has 0 unspecified atom stereocenters. The maximum atomic E-state index is 13.7. The SMILES string of the molecule is O=c1c2ccccc2c(-c2ccc(Cl)cc2)nn1-c1cc(N2CCN(S(=O)(=O)c3ccc(Cl)cc3)CC2)ccc1[N+](=O)[O-]. The van der Waals surface area contributed by atoms with E-state index in [1.165, 1.54) is 34.6 Å². The van der Waals surface area contributed by atoms with Crippen molar-refractivity contribution in [2.45, 2.75) is 4.90 Å². The van der Waals surface area contributed by atoms with E-state index in [0.717, 1.165) is 4.68 Å². The van der Waals surface area contributed by atoms with E-state index in [0.29, 0.717) is 50.9 Å². The Kier molecular flexibility index (Phi) is 7.65. The van der Waals surface area contributed by atoms with E-state index in [9.17, 15) is 23.3 Å². The number of nitro groups is 1. The second-order valence-corrected chi connectivity index (χ2v) is 12.7. The number of hydrogen-bond donors (Lipinski definition) is 0. The number of hydrogen-bond acceptors (Lipinski definition) is 7. The van der Waals surface area contributed by atoms with Crippen LogP contribution < -0.4 is 10.5 Å². The number of piperazine rings is 1. The van der Waals surface area contributed by atoms with Crippen molar-refractivity contribution in [1.82, 2.24) is 14.1 Å². The van der Waals surface area contributed by atoms with Crippen LogP contribution in [0.15, 0.2) is 101 Å². The van der Waals surface area contributed by atoms with Gasteiger partial charge in [-0.2, -0.15) is 14.1 Å². The van der Waals surface area contributed by atoms with Crippen molar-refractivity contribution in [1.29, 1.82) is 0 Å². The van der Waals surface area contributed by atoms with Gasteiger partial charge in [0.1, 0.15) is 5.69 Å². The van der Waals surface area contributed by atoms with Crippen molar-refractivity contribution in [3.8, 4) is 16.9 Å². The van der Waals surface area contributed by atoms with E-state index in [2.05, 4.69) is 5.10 Å². The van der Waals surface area contributed by atoms with Crippen molar-refractivity contribution in [3.05, 3.63) is 122 Å². The van der Waals surface area contributed by atoms with Gasteiger partial charge in [-0.3, -0.25) is 14.9 Å². The average molecular weight is 637 g/mol. The predicted molar refractivity (Wildman–Crippen MR) is 167 cm³/mol. The Balaban J connectivity index is 1.39. The van der Waals surface area contributed by atoms with E-state index < -0.39 is 20.5 Å². The summed E-state index contributed by atoms with van der Waals surface area (Å²) < 4.78 is 28.8. The van der Waals surface area contributed by atoms with Gasteiger partial charge in [-0.1, -0.05) is 53.5 Å².